The van der Waals surface area contributed by atoms with Gasteiger partial charge in [0.1, 0.15) is 17.4 Å². The number of amides is 2. The van der Waals surface area contributed by atoms with E-state index in [0.29, 0.717) is 12.1 Å². The van der Waals surface area contributed by atoms with Crippen LogP contribution in [0.15, 0.2) is 65.6 Å². The lowest BCUT2D eigenvalue weighted by atomic mass is 10.1. The Morgan fingerprint density at radius 1 is 0.708 bits per heavy atom. The van der Waals surface area contributed by atoms with Crippen LogP contribution in [0.5, 0.6) is 0 Å². The number of hydrogen-bond acceptors (Lipinski definition) is 15. The smallest absolute Gasteiger partial charge is 0.295 e. The second-order valence-electron chi connectivity index (χ2n) is 9.51. The lowest BCUT2D eigenvalue weighted by Gasteiger charge is -2.19. The van der Waals surface area contributed by atoms with Gasteiger partial charge in [-0.05, 0) is 37.6 Å². The van der Waals surface area contributed by atoms with Gasteiger partial charge in [0, 0.05) is 24.1 Å². The van der Waals surface area contributed by atoms with Gasteiger partial charge in [0.25, 0.3) is 17.3 Å². The molecule has 0 heterocycles. The topological polar surface area (TPSA) is 318 Å². The van der Waals surface area contributed by atoms with Gasteiger partial charge >= 0.3 is 11.4 Å². The summed E-state index contributed by atoms with van der Waals surface area (Å²) < 4.78 is 28.3. The quantitative estimate of drug-likeness (QED) is 0.0818. The van der Waals surface area contributed by atoms with Crippen LogP contribution in [0, 0.1) is 40.5 Å². The fraction of sp³-hybridized carbons (Fsp3) is 0.160. The molecule has 0 fully saturated rings. The van der Waals surface area contributed by atoms with Crippen LogP contribution in [-0.2, 0) is 19.6 Å². The monoisotopic (exact) mass is 689 g/mol. The van der Waals surface area contributed by atoms with Crippen molar-refractivity contribution in [2.24, 2.45) is 0 Å². The van der Waals surface area contributed by atoms with Crippen molar-refractivity contribution in [3.8, 4) is 0 Å². The van der Waals surface area contributed by atoms with Gasteiger partial charge in [0.15, 0.2) is 5.78 Å². The maximum absolute atomic E-state index is 13.1. The molecule has 0 aromatic heterocycles. The highest BCUT2D eigenvalue weighted by Crippen LogP contribution is 2.29. The molecule has 2 amide bonds. The molecule has 0 bridgehead atoms. The van der Waals surface area contributed by atoms with Crippen molar-refractivity contribution in [1.29, 1.82) is 0 Å². The number of rotatable bonds is 16. The minimum Gasteiger partial charge on any atom is -0.295 e. The summed E-state index contributed by atoms with van der Waals surface area (Å²) in [5.74, 6) is -2.45. The maximum atomic E-state index is 13.1. The third-order valence-corrected chi connectivity index (χ3v) is 7.77. The van der Waals surface area contributed by atoms with Gasteiger partial charge in [0.05, 0.1) is 36.7 Å². The standard InChI is InChI=1S/C25H23N9O13S/c1-14(35)15-2-6-18(7-3-15)48(46,47)30-21(25(37)29-27-20-9-5-17(32(40)41)13-23(20)34(44)45)10-11-24(36)28-26-19-8-4-16(31(38)39)12-22(19)33(42)43/h2-9,12-13,21,26-27,30H,10-11H2,1H3,(H,28,36)(H,29,37). The van der Waals surface area contributed by atoms with Crippen LogP contribution in [0.25, 0.3) is 0 Å². The molecule has 0 spiro atoms. The van der Waals surface area contributed by atoms with Crippen LogP contribution in [0.3, 0.4) is 0 Å². The first-order valence-corrected chi connectivity index (χ1v) is 14.6. The SMILES string of the molecule is CC(=O)c1ccc(S(=O)(=O)NC(CCC(=O)NNc2ccc([N+](=O)[O-])cc2[N+](=O)[O-])C(=O)NNc2ccc([N+](=O)[O-])cc2[N+](=O)[O-])cc1. The van der Waals surface area contributed by atoms with Gasteiger partial charge in [-0.15, -0.1) is 0 Å². The van der Waals surface area contributed by atoms with E-state index in [4.69, 9.17) is 0 Å². The van der Waals surface area contributed by atoms with Crippen LogP contribution in [0.2, 0.25) is 0 Å². The molecule has 22 nitrogen and oxygen atoms in total. The molecule has 252 valence electrons. The Morgan fingerprint density at radius 2 is 1.19 bits per heavy atom. The molecule has 0 aliphatic heterocycles. The fourth-order valence-electron chi connectivity index (χ4n) is 3.84. The van der Waals surface area contributed by atoms with Gasteiger partial charge in [-0.25, -0.2) is 8.42 Å². The molecule has 3 aromatic carbocycles. The first-order valence-electron chi connectivity index (χ1n) is 13.1. The third-order valence-electron chi connectivity index (χ3n) is 6.28. The Morgan fingerprint density at radius 3 is 1.62 bits per heavy atom. The number of anilines is 2. The van der Waals surface area contributed by atoms with Crippen molar-refractivity contribution in [3.05, 3.63) is 107 Å². The van der Waals surface area contributed by atoms with E-state index in [2.05, 4.69) is 21.0 Å². The van der Waals surface area contributed by atoms with Crippen molar-refractivity contribution < 1.29 is 42.5 Å². The Balaban J connectivity index is 1.80. The predicted molar refractivity (Wildman–Crippen MR) is 163 cm³/mol. The van der Waals surface area contributed by atoms with Gasteiger partial charge in [-0.3, -0.25) is 76.5 Å². The summed E-state index contributed by atoms with van der Waals surface area (Å²) in [6, 6.07) is 7.83. The van der Waals surface area contributed by atoms with Crippen LogP contribution in [0.4, 0.5) is 34.1 Å². The second-order valence-corrected chi connectivity index (χ2v) is 11.2. The summed E-state index contributed by atoms with van der Waals surface area (Å²) in [5, 5.41) is 44.7. The molecule has 48 heavy (non-hydrogen) atoms. The molecule has 3 rings (SSSR count). The molecule has 0 saturated carbocycles. The number of benzene rings is 3. The van der Waals surface area contributed by atoms with Gasteiger partial charge < -0.3 is 0 Å². The average molecular weight is 690 g/mol. The highest BCUT2D eigenvalue weighted by molar-refractivity contribution is 7.89. The van der Waals surface area contributed by atoms with Crippen molar-refractivity contribution >= 4 is 61.7 Å². The Hall–Kier alpha value is -6.62. The molecule has 3 aromatic rings. The molecule has 0 radical (unpaired) electrons. The van der Waals surface area contributed by atoms with E-state index in [1.165, 1.54) is 19.1 Å². The second kappa shape index (κ2) is 15.1. The number of hydrogen-bond donors (Lipinski definition) is 5. The van der Waals surface area contributed by atoms with E-state index in [1.807, 2.05) is 5.43 Å². The molecule has 0 aliphatic rings. The van der Waals surface area contributed by atoms with E-state index < -0.39 is 88.9 Å². The summed E-state index contributed by atoms with van der Waals surface area (Å²) in [7, 11) is -4.51. The largest absolute Gasteiger partial charge is 0.300 e. The summed E-state index contributed by atoms with van der Waals surface area (Å²) in [6.07, 6.45) is -1.19. The van der Waals surface area contributed by atoms with Crippen LogP contribution >= 0.6 is 0 Å². The highest BCUT2D eigenvalue weighted by Gasteiger charge is 2.28. The number of Topliss-reactive ketones (excluding diaryl/α,β-unsaturated/α-hetero) is 1. The highest BCUT2D eigenvalue weighted by atomic mass is 32.2. The third kappa shape index (κ3) is 9.21. The number of nitro benzene ring substituents is 4. The summed E-state index contributed by atoms with van der Waals surface area (Å²) >= 11 is 0. The molecule has 5 N–H and O–H groups in total. The number of hydrazine groups is 2. The first-order chi connectivity index (χ1) is 22.5. The molecule has 1 atom stereocenters. The Bertz CT molecular complexity index is 1920. The zero-order valence-electron chi connectivity index (χ0n) is 24.3. The number of nitrogens with one attached hydrogen (secondary N) is 5. The maximum Gasteiger partial charge on any atom is 0.300 e. The van der Waals surface area contributed by atoms with Crippen molar-refractivity contribution in [2.75, 3.05) is 10.9 Å². The van der Waals surface area contributed by atoms with Crippen molar-refractivity contribution in [3.63, 3.8) is 0 Å². The molecule has 1 unspecified atom stereocenters. The van der Waals surface area contributed by atoms with Gasteiger partial charge in [0.2, 0.25) is 15.9 Å². The van der Waals surface area contributed by atoms with Gasteiger partial charge in [-0.2, -0.15) is 4.72 Å². The minimum absolute atomic E-state index is 0.189. The minimum atomic E-state index is -4.51. The molecule has 0 aliphatic carbocycles. The number of nitro groups is 4. The number of nitrogens with zero attached hydrogens (tertiary/aromatic N) is 4. The number of ketones is 1. The zero-order valence-corrected chi connectivity index (χ0v) is 25.1. The van der Waals surface area contributed by atoms with Crippen LogP contribution < -0.4 is 26.4 Å². The summed E-state index contributed by atoms with van der Waals surface area (Å²) in [6.45, 7) is 1.25. The summed E-state index contributed by atoms with van der Waals surface area (Å²) in [5.41, 5.74) is 5.21. The number of carbonyl (C=O) groups is 3. The number of sulfonamides is 1. The van der Waals surface area contributed by atoms with Gasteiger partial charge in [-0.1, -0.05) is 12.1 Å². The van der Waals surface area contributed by atoms with E-state index in [1.54, 1.807) is 0 Å². The number of carbonyl (C=O) groups excluding carboxylic acids is 3. The molecule has 0 saturated heterocycles. The lowest BCUT2D eigenvalue weighted by molar-refractivity contribution is -0.393. The average Bonchev–Trinajstić information content (AvgIpc) is 3.04. The molecule has 23 heteroatoms. The number of non-ortho nitro benzene ring substituents is 2. The predicted octanol–water partition coefficient (Wildman–Crippen LogP) is 2.24. The Kier molecular flexibility index (Phi) is 11.3. The van der Waals surface area contributed by atoms with Crippen molar-refractivity contribution in [1.82, 2.24) is 15.6 Å². The van der Waals surface area contributed by atoms with Crippen LogP contribution in [-0.4, -0.2) is 51.8 Å². The first kappa shape index (κ1) is 35.9. The molecular weight excluding hydrogens is 666 g/mol. The summed E-state index contributed by atoms with van der Waals surface area (Å²) in [4.78, 5) is 77.9. The fourth-order valence-corrected chi connectivity index (χ4v) is 5.07. The lowest BCUT2D eigenvalue weighted by Crippen LogP contribution is -2.48. The molecular formula is C25H23N9O13S. The van der Waals surface area contributed by atoms with E-state index >= 15 is 0 Å². The van der Waals surface area contributed by atoms with E-state index in [9.17, 15) is 63.3 Å². The zero-order chi connectivity index (χ0) is 35.8. The van der Waals surface area contributed by atoms with E-state index in [0.717, 1.165) is 36.4 Å². The van der Waals surface area contributed by atoms with Crippen LogP contribution in [0.1, 0.15) is 30.1 Å². The normalized spacial score (nSPS) is 11.4. The Labute approximate surface area is 268 Å². The van der Waals surface area contributed by atoms with E-state index in [-0.39, 0.29) is 21.9 Å². The van der Waals surface area contributed by atoms with Crippen molar-refractivity contribution in [2.45, 2.75) is 30.7 Å².